The van der Waals surface area contributed by atoms with E-state index >= 15 is 0 Å². The third-order valence-corrected chi connectivity index (χ3v) is 3.58. The van der Waals surface area contributed by atoms with E-state index in [1.54, 1.807) is 0 Å². The van der Waals surface area contributed by atoms with Crippen LogP contribution < -0.4 is 11.1 Å². The van der Waals surface area contributed by atoms with Crippen LogP contribution in [0.2, 0.25) is 0 Å². The van der Waals surface area contributed by atoms with E-state index in [9.17, 15) is 0 Å². The maximum Gasteiger partial charge on any atom is 0.148 e. The van der Waals surface area contributed by atoms with Gasteiger partial charge in [-0.15, -0.1) is 0 Å². The monoisotopic (exact) mass is 272 g/mol. The van der Waals surface area contributed by atoms with Gasteiger partial charge in [-0.25, -0.2) is 4.68 Å². The van der Waals surface area contributed by atoms with Gasteiger partial charge < -0.3 is 15.8 Å². The van der Waals surface area contributed by atoms with E-state index in [0.717, 1.165) is 43.1 Å². The molecule has 106 valence electrons. The van der Waals surface area contributed by atoms with E-state index in [4.69, 9.17) is 10.5 Å². The topological polar surface area (TPSA) is 65.1 Å². The van der Waals surface area contributed by atoms with Gasteiger partial charge in [0.15, 0.2) is 0 Å². The number of ether oxygens (including phenoxy) is 1. The number of aromatic nitrogens is 2. The maximum atomic E-state index is 5.76. The second kappa shape index (κ2) is 6.07. The van der Waals surface area contributed by atoms with E-state index in [1.165, 1.54) is 0 Å². The standard InChI is InChI=1S/C15H20N4O/c16-10-12-4-1-2-6-14(12)19-8-7-15(18-19)17-11-13-5-3-9-20-13/h1-2,4,6-8,13H,3,5,9-11,16H2,(H,17,18). The molecule has 3 rings (SSSR count). The van der Waals surface area contributed by atoms with Crippen molar-refractivity contribution in [3.63, 3.8) is 0 Å². The van der Waals surface area contributed by atoms with Crippen molar-refractivity contribution < 1.29 is 4.74 Å². The fourth-order valence-corrected chi connectivity index (χ4v) is 2.48. The first-order chi connectivity index (χ1) is 9.86. The molecule has 1 saturated heterocycles. The summed E-state index contributed by atoms with van der Waals surface area (Å²) in [5, 5.41) is 7.87. The number of hydrogen-bond acceptors (Lipinski definition) is 4. The van der Waals surface area contributed by atoms with Crippen molar-refractivity contribution in [2.45, 2.75) is 25.5 Å². The lowest BCUT2D eigenvalue weighted by Gasteiger charge is -2.10. The molecule has 1 unspecified atom stereocenters. The number of para-hydroxylation sites is 1. The summed E-state index contributed by atoms with van der Waals surface area (Å²) >= 11 is 0. The number of rotatable bonds is 5. The third-order valence-electron chi connectivity index (χ3n) is 3.58. The SMILES string of the molecule is NCc1ccccc1-n1ccc(NCC2CCCO2)n1. The van der Waals surface area contributed by atoms with Crippen LogP contribution >= 0.6 is 0 Å². The summed E-state index contributed by atoms with van der Waals surface area (Å²) in [7, 11) is 0. The molecule has 1 atom stereocenters. The molecule has 2 heterocycles. The van der Waals surface area contributed by atoms with Crippen LogP contribution in [0, 0.1) is 0 Å². The molecule has 1 fully saturated rings. The molecule has 0 bridgehead atoms. The molecule has 5 nitrogen and oxygen atoms in total. The molecular formula is C15H20N4O. The number of nitrogens with zero attached hydrogens (tertiary/aromatic N) is 2. The zero-order valence-electron chi connectivity index (χ0n) is 11.5. The number of anilines is 1. The lowest BCUT2D eigenvalue weighted by atomic mass is 10.2. The number of nitrogens with two attached hydrogens (primary N) is 1. The van der Waals surface area contributed by atoms with Crippen molar-refractivity contribution >= 4 is 5.82 Å². The number of hydrogen-bond donors (Lipinski definition) is 2. The van der Waals surface area contributed by atoms with E-state index in [-0.39, 0.29) is 0 Å². The number of nitrogens with one attached hydrogen (secondary N) is 1. The van der Waals surface area contributed by atoms with Gasteiger partial charge in [0.05, 0.1) is 11.8 Å². The van der Waals surface area contributed by atoms with Gasteiger partial charge >= 0.3 is 0 Å². The van der Waals surface area contributed by atoms with E-state index in [0.29, 0.717) is 12.6 Å². The predicted octanol–water partition coefficient (Wildman–Crippen LogP) is 1.92. The smallest absolute Gasteiger partial charge is 0.148 e. The normalized spacial score (nSPS) is 18.4. The lowest BCUT2D eigenvalue weighted by Crippen LogP contribution is -2.18. The van der Waals surface area contributed by atoms with Crippen LogP contribution in [0.1, 0.15) is 18.4 Å². The Morgan fingerprint density at radius 3 is 3.05 bits per heavy atom. The summed E-state index contributed by atoms with van der Waals surface area (Å²) in [6.07, 6.45) is 4.55. The Morgan fingerprint density at radius 1 is 1.35 bits per heavy atom. The fourth-order valence-electron chi connectivity index (χ4n) is 2.48. The molecule has 0 radical (unpaired) electrons. The first-order valence-electron chi connectivity index (χ1n) is 7.06. The molecule has 5 heteroatoms. The highest BCUT2D eigenvalue weighted by molar-refractivity contribution is 5.43. The molecule has 1 aliphatic rings. The van der Waals surface area contributed by atoms with Crippen LogP contribution in [0.3, 0.4) is 0 Å². The van der Waals surface area contributed by atoms with Crippen LogP contribution in [0.15, 0.2) is 36.5 Å². The predicted molar refractivity (Wildman–Crippen MR) is 78.9 cm³/mol. The lowest BCUT2D eigenvalue weighted by molar-refractivity contribution is 0.120. The molecule has 0 amide bonds. The minimum absolute atomic E-state index is 0.316. The molecule has 1 aliphatic heterocycles. The maximum absolute atomic E-state index is 5.76. The molecule has 20 heavy (non-hydrogen) atoms. The van der Waals surface area contributed by atoms with Crippen molar-refractivity contribution in [2.75, 3.05) is 18.5 Å². The van der Waals surface area contributed by atoms with E-state index < -0.39 is 0 Å². The Kier molecular flexibility index (Phi) is 3.99. The summed E-state index contributed by atoms with van der Waals surface area (Å²) in [5.41, 5.74) is 7.88. The Balaban J connectivity index is 1.69. The van der Waals surface area contributed by atoms with Gasteiger partial charge in [0.1, 0.15) is 5.82 Å². The van der Waals surface area contributed by atoms with Crippen molar-refractivity contribution in [3.8, 4) is 5.69 Å². The first-order valence-corrected chi connectivity index (χ1v) is 7.06. The van der Waals surface area contributed by atoms with Crippen LogP contribution in [0.4, 0.5) is 5.82 Å². The van der Waals surface area contributed by atoms with Crippen LogP contribution in [-0.4, -0.2) is 29.0 Å². The summed E-state index contributed by atoms with van der Waals surface area (Å²) in [4.78, 5) is 0. The highest BCUT2D eigenvalue weighted by Gasteiger charge is 2.15. The Hall–Kier alpha value is -1.85. The van der Waals surface area contributed by atoms with Gasteiger partial charge in [0.25, 0.3) is 0 Å². The largest absolute Gasteiger partial charge is 0.376 e. The summed E-state index contributed by atoms with van der Waals surface area (Å²) in [6.45, 7) is 2.20. The average molecular weight is 272 g/mol. The molecule has 1 aromatic carbocycles. The molecule has 0 saturated carbocycles. The highest BCUT2D eigenvalue weighted by atomic mass is 16.5. The third kappa shape index (κ3) is 2.84. The summed E-state index contributed by atoms with van der Waals surface area (Å²) in [5.74, 6) is 0.868. The Bertz CT molecular complexity index is 561. The van der Waals surface area contributed by atoms with Crippen LogP contribution in [0.5, 0.6) is 0 Å². The molecule has 1 aromatic heterocycles. The van der Waals surface area contributed by atoms with Gasteiger partial charge in [-0.3, -0.25) is 0 Å². The van der Waals surface area contributed by atoms with Crippen molar-refractivity contribution in [3.05, 3.63) is 42.1 Å². The second-order valence-corrected chi connectivity index (χ2v) is 4.99. The summed E-state index contributed by atoms with van der Waals surface area (Å²) in [6, 6.07) is 10.0. The van der Waals surface area contributed by atoms with Gasteiger partial charge in [0, 0.05) is 32.0 Å². The average Bonchev–Trinajstić information content (AvgIpc) is 3.16. The van der Waals surface area contributed by atoms with Gasteiger partial charge in [0.2, 0.25) is 0 Å². The second-order valence-electron chi connectivity index (χ2n) is 4.99. The molecule has 2 aromatic rings. The minimum atomic E-state index is 0.316. The van der Waals surface area contributed by atoms with Gasteiger partial charge in [-0.1, -0.05) is 18.2 Å². The zero-order valence-corrected chi connectivity index (χ0v) is 11.5. The molecule has 3 N–H and O–H groups in total. The van der Waals surface area contributed by atoms with Gasteiger partial charge in [-0.2, -0.15) is 5.10 Å². The first kappa shape index (κ1) is 13.1. The Morgan fingerprint density at radius 2 is 2.25 bits per heavy atom. The van der Waals surface area contributed by atoms with Gasteiger partial charge in [-0.05, 0) is 24.5 Å². The molecule has 0 spiro atoms. The van der Waals surface area contributed by atoms with E-state index in [1.807, 2.05) is 41.2 Å². The van der Waals surface area contributed by atoms with E-state index in [2.05, 4.69) is 10.4 Å². The minimum Gasteiger partial charge on any atom is -0.376 e. The summed E-state index contributed by atoms with van der Waals surface area (Å²) < 4.78 is 7.45. The quantitative estimate of drug-likeness (QED) is 0.873. The number of benzene rings is 1. The van der Waals surface area contributed by atoms with Crippen LogP contribution in [0.25, 0.3) is 5.69 Å². The molecular weight excluding hydrogens is 252 g/mol. The molecule has 0 aliphatic carbocycles. The zero-order chi connectivity index (χ0) is 13.8. The van der Waals surface area contributed by atoms with Crippen molar-refractivity contribution in [2.24, 2.45) is 5.73 Å². The Labute approximate surface area is 118 Å². The van der Waals surface area contributed by atoms with Crippen molar-refractivity contribution in [1.82, 2.24) is 9.78 Å². The fraction of sp³-hybridized carbons (Fsp3) is 0.400. The van der Waals surface area contributed by atoms with Crippen LogP contribution in [-0.2, 0) is 11.3 Å². The highest BCUT2D eigenvalue weighted by Crippen LogP contribution is 2.16. The van der Waals surface area contributed by atoms with Crippen molar-refractivity contribution in [1.29, 1.82) is 0 Å².